The summed E-state index contributed by atoms with van der Waals surface area (Å²) in [5, 5.41) is 7.56. The number of nitrogen functional groups attached to an aromatic ring is 1. The molecule has 0 radical (unpaired) electrons. The molecule has 20 heavy (non-hydrogen) atoms. The van der Waals surface area contributed by atoms with Crippen molar-refractivity contribution in [1.29, 1.82) is 0 Å². The van der Waals surface area contributed by atoms with Crippen LogP contribution in [0.4, 0.5) is 5.69 Å². The van der Waals surface area contributed by atoms with Gasteiger partial charge in [-0.05, 0) is 30.2 Å². The Kier molecular flexibility index (Phi) is 2.64. The fourth-order valence-corrected chi connectivity index (χ4v) is 2.29. The highest BCUT2D eigenvalue weighted by molar-refractivity contribution is 6.07. The predicted molar refractivity (Wildman–Crippen MR) is 77.0 cm³/mol. The maximum atomic E-state index is 11.7. The zero-order chi connectivity index (χ0) is 14.3. The maximum absolute atomic E-state index is 11.7. The monoisotopic (exact) mass is 267 g/mol. The lowest BCUT2D eigenvalue weighted by Gasteiger charge is -2.13. The average molecular weight is 267 g/mol. The van der Waals surface area contributed by atoms with Crippen molar-refractivity contribution >= 4 is 22.6 Å². The first-order chi connectivity index (χ1) is 9.59. The number of aryl methyl sites for hydroxylation is 1. The Bertz CT molecular complexity index is 822. The van der Waals surface area contributed by atoms with E-state index in [1.807, 2.05) is 6.92 Å². The number of carbonyl (C=O) groups excluding carboxylic acids is 1. The van der Waals surface area contributed by atoms with E-state index in [4.69, 9.17) is 11.5 Å². The number of nitrogens with two attached hydrogens (primary N) is 2. The van der Waals surface area contributed by atoms with E-state index >= 15 is 0 Å². The van der Waals surface area contributed by atoms with Crippen LogP contribution in [0.5, 0.6) is 0 Å². The van der Waals surface area contributed by atoms with Crippen molar-refractivity contribution in [3.05, 3.63) is 41.7 Å². The minimum atomic E-state index is -0.514. The van der Waals surface area contributed by atoms with Gasteiger partial charge in [-0.25, -0.2) is 4.98 Å². The Balaban J connectivity index is 2.42. The molecule has 2 heterocycles. The summed E-state index contributed by atoms with van der Waals surface area (Å²) in [5.74, 6) is -0.514. The molecular formula is C14H13N5O. The smallest absolute Gasteiger partial charge is 0.249 e. The third kappa shape index (κ3) is 1.70. The second-order valence-electron chi connectivity index (χ2n) is 4.57. The molecule has 0 spiro atoms. The highest BCUT2D eigenvalue weighted by Gasteiger charge is 2.17. The van der Waals surface area contributed by atoms with Crippen molar-refractivity contribution in [2.45, 2.75) is 6.92 Å². The normalized spacial score (nSPS) is 10.8. The maximum Gasteiger partial charge on any atom is 0.249 e. The van der Waals surface area contributed by atoms with Gasteiger partial charge in [-0.1, -0.05) is 6.07 Å². The number of nitrogens with one attached hydrogen (secondary N) is 1. The van der Waals surface area contributed by atoms with E-state index in [0.717, 1.165) is 16.5 Å². The number of H-pyrrole nitrogens is 1. The van der Waals surface area contributed by atoms with Gasteiger partial charge in [-0.2, -0.15) is 5.10 Å². The van der Waals surface area contributed by atoms with Crippen LogP contribution in [-0.2, 0) is 0 Å². The van der Waals surface area contributed by atoms with Crippen molar-refractivity contribution in [2.24, 2.45) is 5.73 Å². The summed E-state index contributed by atoms with van der Waals surface area (Å²) in [4.78, 5) is 15.8. The first-order valence-electron chi connectivity index (χ1n) is 6.07. The lowest BCUT2D eigenvalue weighted by atomic mass is 9.94. The summed E-state index contributed by atoms with van der Waals surface area (Å²) in [6.45, 7) is 1.89. The Morgan fingerprint density at radius 3 is 2.85 bits per heavy atom. The molecule has 6 heteroatoms. The van der Waals surface area contributed by atoms with Crippen molar-refractivity contribution in [1.82, 2.24) is 15.2 Å². The lowest BCUT2D eigenvalue weighted by Crippen LogP contribution is -2.14. The molecule has 3 aromatic rings. The van der Waals surface area contributed by atoms with Crippen molar-refractivity contribution in [2.75, 3.05) is 5.73 Å². The fourth-order valence-electron chi connectivity index (χ4n) is 2.29. The molecule has 0 aliphatic heterocycles. The number of primary amides is 1. The molecule has 0 unspecified atom stereocenters. The molecule has 6 nitrogen and oxygen atoms in total. The molecule has 2 aromatic heterocycles. The minimum Gasteiger partial charge on any atom is -0.398 e. The molecule has 0 saturated heterocycles. The quantitative estimate of drug-likeness (QED) is 0.612. The van der Waals surface area contributed by atoms with Crippen LogP contribution in [0.3, 0.4) is 0 Å². The van der Waals surface area contributed by atoms with Crippen molar-refractivity contribution in [3.8, 4) is 11.1 Å². The van der Waals surface area contributed by atoms with E-state index in [9.17, 15) is 4.79 Å². The van der Waals surface area contributed by atoms with Gasteiger partial charge >= 0.3 is 0 Å². The Morgan fingerprint density at radius 1 is 1.30 bits per heavy atom. The molecule has 3 rings (SSSR count). The van der Waals surface area contributed by atoms with Gasteiger partial charge in [0.1, 0.15) is 0 Å². The zero-order valence-electron chi connectivity index (χ0n) is 10.8. The van der Waals surface area contributed by atoms with Crippen molar-refractivity contribution < 1.29 is 4.79 Å². The number of carbonyl (C=O) groups is 1. The van der Waals surface area contributed by atoms with Crippen LogP contribution in [-0.4, -0.2) is 21.1 Å². The van der Waals surface area contributed by atoms with Gasteiger partial charge in [0.25, 0.3) is 0 Å². The molecular weight excluding hydrogens is 254 g/mol. The van der Waals surface area contributed by atoms with Crippen LogP contribution in [0.25, 0.3) is 22.2 Å². The van der Waals surface area contributed by atoms with Crippen LogP contribution >= 0.6 is 0 Å². The number of hydrogen-bond donors (Lipinski definition) is 3. The van der Waals surface area contributed by atoms with Crippen LogP contribution in [0.2, 0.25) is 0 Å². The number of nitrogens with zero attached hydrogens (tertiary/aromatic N) is 2. The van der Waals surface area contributed by atoms with E-state index in [1.165, 1.54) is 0 Å². The largest absolute Gasteiger partial charge is 0.398 e. The second-order valence-corrected chi connectivity index (χ2v) is 4.57. The Labute approximate surface area is 114 Å². The van der Waals surface area contributed by atoms with Gasteiger partial charge < -0.3 is 11.5 Å². The van der Waals surface area contributed by atoms with Gasteiger partial charge in [-0.3, -0.25) is 9.89 Å². The SMILES string of the molecule is Cc1ccc(C(N)=O)c(-c2ccnc3[nH]ncc23)c1N. The molecule has 1 amide bonds. The molecule has 0 atom stereocenters. The summed E-state index contributed by atoms with van der Waals surface area (Å²) >= 11 is 0. The molecule has 0 saturated carbocycles. The highest BCUT2D eigenvalue weighted by atomic mass is 16.1. The van der Waals surface area contributed by atoms with Gasteiger partial charge in [0.15, 0.2) is 5.65 Å². The molecule has 100 valence electrons. The summed E-state index contributed by atoms with van der Waals surface area (Å²) < 4.78 is 0. The molecule has 5 N–H and O–H groups in total. The molecule has 0 aliphatic carbocycles. The first kappa shape index (κ1) is 12.2. The second kappa shape index (κ2) is 4.34. The highest BCUT2D eigenvalue weighted by Crippen LogP contribution is 2.35. The molecule has 0 aliphatic rings. The summed E-state index contributed by atoms with van der Waals surface area (Å²) in [6, 6.07) is 5.28. The Morgan fingerprint density at radius 2 is 2.10 bits per heavy atom. The topological polar surface area (TPSA) is 111 Å². The number of rotatable bonds is 2. The lowest BCUT2D eigenvalue weighted by molar-refractivity contribution is 0.100. The molecule has 0 bridgehead atoms. The summed E-state index contributed by atoms with van der Waals surface area (Å²) in [7, 11) is 0. The van der Waals surface area contributed by atoms with E-state index in [-0.39, 0.29) is 0 Å². The number of amides is 1. The van der Waals surface area contributed by atoms with Gasteiger partial charge in [0.2, 0.25) is 5.91 Å². The number of benzene rings is 1. The minimum absolute atomic E-state index is 0.391. The van der Waals surface area contributed by atoms with Gasteiger partial charge in [-0.15, -0.1) is 0 Å². The van der Waals surface area contributed by atoms with E-state index in [2.05, 4.69) is 15.2 Å². The van der Waals surface area contributed by atoms with Crippen LogP contribution in [0.1, 0.15) is 15.9 Å². The zero-order valence-corrected chi connectivity index (χ0v) is 10.8. The number of pyridine rings is 1. The van der Waals surface area contributed by atoms with Crippen LogP contribution in [0, 0.1) is 6.92 Å². The number of aromatic nitrogens is 3. The number of fused-ring (bicyclic) bond motifs is 1. The van der Waals surface area contributed by atoms with E-state index < -0.39 is 5.91 Å². The first-order valence-corrected chi connectivity index (χ1v) is 6.07. The Hall–Kier alpha value is -2.89. The van der Waals surface area contributed by atoms with E-state index in [1.54, 1.807) is 30.6 Å². The standard InChI is InChI=1S/C14H13N5O/c1-7-2-3-9(13(16)20)11(12(7)15)8-4-5-17-14-10(8)6-18-19-14/h2-6H,15H2,1H3,(H2,16,20)(H,17,18,19). The number of aromatic amines is 1. The summed E-state index contributed by atoms with van der Waals surface area (Å²) in [5.41, 5.74) is 15.5. The van der Waals surface area contributed by atoms with Crippen molar-refractivity contribution in [3.63, 3.8) is 0 Å². The number of anilines is 1. The molecule has 0 fully saturated rings. The van der Waals surface area contributed by atoms with Crippen LogP contribution in [0.15, 0.2) is 30.6 Å². The fraction of sp³-hybridized carbons (Fsp3) is 0.0714. The average Bonchev–Trinajstić information content (AvgIpc) is 2.89. The third-order valence-corrected chi connectivity index (χ3v) is 3.35. The predicted octanol–water partition coefficient (Wildman–Crippen LogP) is 1.61. The van der Waals surface area contributed by atoms with E-state index in [0.29, 0.717) is 22.5 Å². The molecule has 1 aromatic carbocycles. The third-order valence-electron chi connectivity index (χ3n) is 3.35. The summed E-state index contributed by atoms with van der Waals surface area (Å²) in [6.07, 6.45) is 3.30. The van der Waals surface area contributed by atoms with Gasteiger partial charge in [0.05, 0.1) is 6.20 Å². The number of hydrogen-bond acceptors (Lipinski definition) is 4. The van der Waals surface area contributed by atoms with Gasteiger partial charge in [0, 0.05) is 28.4 Å². The van der Waals surface area contributed by atoms with Crippen LogP contribution < -0.4 is 11.5 Å².